The normalized spacial score (nSPS) is 12.1. The Hall–Kier alpha value is -1.41. The number of rotatable bonds is 7. The fourth-order valence-corrected chi connectivity index (χ4v) is 2.17. The zero-order valence-electron chi connectivity index (χ0n) is 15.8. The molecule has 9 heteroatoms. The number of ether oxygens (including phenoxy) is 1. The first-order valence-corrected chi connectivity index (χ1v) is 8.29. The third kappa shape index (κ3) is 7.26. The molecule has 0 saturated carbocycles. The molecule has 0 aliphatic carbocycles. The van der Waals surface area contributed by atoms with Crippen molar-refractivity contribution >= 4 is 5.95 Å². The minimum Gasteiger partial charge on any atom is -0.491 e. The summed E-state index contributed by atoms with van der Waals surface area (Å²) in [6.07, 6.45) is -3.71. The average Bonchev–Trinajstić information content (AvgIpc) is 2.57. The number of aromatic nitrogens is 3. The molecule has 1 aromatic carbocycles. The number of benzene rings is 1. The SMILES string of the molecule is CCC(COc1cccc(C(F)(F)F)c1)Nc1nc(C)nc([C-](C)C)n1.[Y+3]. The molecule has 0 radical (unpaired) electrons. The standard InChI is InChI=1S/C18H22F3N4O.Y/c1-5-14(24-17-23-12(4)22-16(25-17)11(2)3)10-26-15-8-6-7-13(9-15)18(19,20)21;/h6-9,14H,5,10H2,1-4H3,(H,22,23,24,25);/q-1;+3. The summed E-state index contributed by atoms with van der Waals surface area (Å²) in [5.74, 6) is 2.76. The van der Waals surface area contributed by atoms with E-state index in [0.717, 1.165) is 18.1 Å². The molecule has 0 saturated heterocycles. The van der Waals surface area contributed by atoms with Gasteiger partial charge in [0.25, 0.3) is 0 Å². The van der Waals surface area contributed by atoms with Crippen molar-refractivity contribution in [3.8, 4) is 5.75 Å². The Labute approximate surface area is 182 Å². The smallest absolute Gasteiger partial charge is 0.491 e. The van der Waals surface area contributed by atoms with Gasteiger partial charge in [-0.3, -0.25) is 4.98 Å². The number of nitrogens with one attached hydrogen (secondary N) is 1. The molecule has 0 aliphatic rings. The van der Waals surface area contributed by atoms with Crippen LogP contribution in [0.5, 0.6) is 5.75 Å². The van der Waals surface area contributed by atoms with Gasteiger partial charge in [0.1, 0.15) is 18.2 Å². The summed E-state index contributed by atoms with van der Waals surface area (Å²) in [4.78, 5) is 12.9. The first-order chi connectivity index (χ1) is 12.2. The fourth-order valence-electron chi connectivity index (χ4n) is 2.17. The maximum Gasteiger partial charge on any atom is 3.00 e. The van der Waals surface area contributed by atoms with Crippen LogP contribution in [0.1, 0.15) is 44.4 Å². The number of alkyl halides is 3. The van der Waals surface area contributed by atoms with Gasteiger partial charge < -0.3 is 16.0 Å². The number of anilines is 1. The number of aryl methyl sites for hydroxylation is 1. The average molecular weight is 456 g/mol. The molecule has 5 nitrogen and oxygen atoms in total. The zero-order chi connectivity index (χ0) is 19.3. The van der Waals surface area contributed by atoms with Crippen molar-refractivity contribution in [3.05, 3.63) is 47.4 Å². The van der Waals surface area contributed by atoms with Crippen molar-refractivity contribution in [1.82, 2.24) is 15.0 Å². The molecule has 1 aromatic heterocycles. The largest absolute Gasteiger partial charge is 3.00 e. The van der Waals surface area contributed by atoms with Crippen LogP contribution in [-0.2, 0) is 38.9 Å². The van der Waals surface area contributed by atoms with Crippen LogP contribution >= 0.6 is 0 Å². The molecule has 142 valence electrons. The zero-order valence-corrected chi connectivity index (χ0v) is 18.6. The molecule has 1 atom stereocenters. The van der Waals surface area contributed by atoms with Gasteiger partial charge in [-0.25, -0.2) is 4.98 Å². The van der Waals surface area contributed by atoms with E-state index in [0.29, 0.717) is 24.0 Å². The van der Waals surface area contributed by atoms with Crippen LogP contribution in [0.4, 0.5) is 19.1 Å². The molecule has 1 heterocycles. The number of hydrogen-bond donors (Lipinski definition) is 1. The van der Waals surface area contributed by atoms with E-state index < -0.39 is 11.7 Å². The summed E-state index contributed by atoms with van der Waals surface area (Å²) >= 11 is 0. The van der Waals surface area contributed by atoms with Crippen molar-refractivity contribution in [2.24, 2.45) is 0 Å². The van der Waals surface area contributed by atoms with Crippen LogP contribution in [0.25, 0.3) is 0 Å². The van der Waals surface area contributed by atoms with E-state index in [1.165, 1.54) is 12.1 Å². The summed E-state index contributed by atoms with van der Waals surface area (Å²) in [6.45, 7) is 7.73. The number of hydrogen-bond acceptors (Lipinski definition) is 5. The summed E-state index contributed by atoms with van der Waals surface area (Å²) in [7, 11) is 0. The fraction of sp³-hybridized carbons (Fsp3) is 0.444. The molecule has 2 rings (SSSR count). The quantitative estimate of drug-likeness (QED) is 0.625. The first kappa shape index (κ1) is 23.6. The molecule has 1 N–H and O–H groups in total. The number of halogens is 3. The second-order valence-electron chi connectivity index (χ2n) is 6.12. The second kappa shape index (κ2) is 10.2. The Morgan fingerprint density at radius 2 is 1.89 bits per heavy atom. The predicted octanol–water partition coefficient (Wildman–Crippen LogP) is 4.43. The first-order valence-electron chi connectivity index (χ1n) is 8.29. The minimum absolute atomic E-state index is 0. The minimum atomic E-state index is -4.39. The molecule has 2 aromatic rings. The third-order valence-electron chi connectivity index (χ3n) is 3.63. The van der Waals surface area contributed by atoms with Crippen LogP contribution in [-0.4, -0.2) is 27.6 Å². The van der Waals surface area contributed by atoms with Crippen molar-refractivity contribution in [3.63, 3.8) is 0 Å². The van der Waals surface area contributed by atoms with E-state index in [9.17, 15) is 13.2 Å². The predicted molar refractivity (Wildman–Crippen MR) is 92.9 cm³/mol. The van der Waals surface area contributed by atoms with E-state index in [1.807, 2.05) is 20.8 Å². The molecular formula is C18H22F3N4OY+2. The van der Waals surface area contributed by atoms with Gasteiger partial charge >= 0.3 is 38.9 Å². The van der Waals surface area contributed by atoms with Crippen molar-refractivity contribution < 1.29 is 50.6 Å². The van der Waals surface area contributed by atoms with Gasteiger partial charge in [-0.05, 0) is 31.5 Å². The molecule has 0 spiro atoms. The Kier molecular flexibility index (Phi) is 8.95. The summed E-state index contributed by atoms with van der Waals surface area (Å²) in [6, 6.07) is 4.68. The van der Waals surface area contributed by atoms with E-state index >= 15 is 0 Å². The van der Waals surface area contributed by atoms with Gasteiger partial charge in [0.2, 0.25) is 5.95 Å². The van der Waals surface area contributed by atoms with Crippen LogP contribution in [0.15, 0.2) is 24.3 Å². The third-order valence-corrected chi connectivity index (χ3v) is 3.63. The molecular weight excluding hydrogens is 434 g/mol. The molecule has 0 fully saturated rings. The van der Waals surface area contributed by atoms with Crippen LogP contribution in [0.2, 0.25) is 0 Å². The Balaban J connectivity index is 0.00000364. The van der Waals surface area contributed by atoms with Crippen molar-refractivity contribution in [2.45, 2.75) is 46.3 Å². The van der Waals surface area contributed by atoms with E-state index in [4.69, 9.17) is 4.74 Å². The maximum atomic E-state index is 12.8. The van der Waals surface area contributed by atoms with E-state index in [-0.39, 0.29) is 51.1 Å². The molecule has 0 amide bonds. The summed E-state index contributed by atoms with van der Waals surface area (Å²) < 4.78 is 43.8. The van der Waals surface area contributed by atoms with Crippen molar-refractivity contribution in [1.29, 1.82) is 0 Å². The molecule has 1 unspecified atom stereocenters. The van der Waals surface area contributed by atoms with Crippen LogP contribution in [0, 0.1) is 12.8 Å². The monoisotopic (exact) mass is 456 g/mol. The van der Waals surface area contributed by atoms with E-state index in [1.54, 1.807) is 6.92 Å². The van der Waals surface area contributed by atoms with Crippen LogP contribution in [0.3, 0.4) is 0 Å². The van der Waals surface area contributed by atoms with Gasteiger partial charge in [0.15, 0.2) is 0 Å². The molecule has 0 aliphatic heterocycles. The van der Waals surface area contributed by atoms with Gasteiger partial charge in [0, 0.05) is 5.82 Å². The van der Waals surface area contributed by atoms with E-state index in [2.05, 4.69) is 20.3 Å². The van der Waals surface area contributed by atoms with Gasteiger partial charge in [0.05, 0.1) is 11.6 Å². The second-order valence-corrected chi connectivity index (χ2v) is 6.12. The Morgan fingerprint density at radius 3 is 2.48 bits per heavy atom. The molecule has 0 bridgehead atoms. The summed E-state index contributed by atoms with van der Waals surface area (Å²) in [5.41, 5.74) is -0.734. The Morgan fingerprint density at radius 1 is 1.19 bits per heavy atom. The van der Waals surface area contributed by atoms with Crippen LogP contribution < -0.4 is 10.1 Å². The molecule has 27 heavy (non-hydrogen) atoms. The van der Waals surface area contributed by atoms with Gasteiger partial charge in [-0.1, -0.05) is 13.0 Å². The summed E-state index contributed by atoms with van der Waals surface area (Å²) in [5, 5.41) is 3.16. The van der Waals surface area contributed by atoms with Crippen molar-refractivity contribution in [2.75, 3.05) is 11.9 Å². The van der Waals surface area contributed by atoms with Gasteiger partial charge in [-0.15, -0.1) is 0 Å². The maximum absolute atomic E-state index is 12.8. The van der Waals surface area contributed by atoms with Gasteiger partial charge in [-0.2, -0.15) is 32.0 Å². The topological polar surface area (TPSA) is 59.9 Å². The Bertz CT molecular complexity index is 741. The number of nitrogens with zero attached hydrogens (tertiary/aromatic N) is 3.